The lowest BCUT2D eigenvalue weighted by Crippen LogP contribution is -2.46. The first-order valence-electron chi connectivity index (χ1n) is 8.38. The van der Waals surface area contributed by atoms with Crippen molar-refractivity contribution in [3.8, 4) is 0 Å². The van der Waals surface area contributed by atoms with Crippen LogP contribution in [0, 0.1) is 0 Å². The van der Waals surface area contributed by atoms with Crippen molar-refractivity contribution in [2.75, 3.05) is 39.3 Å². The smallest absolute Gasteiger partial charge is 0.251 e. The highest BCUT2D eigenvalue weighted by Crippen LogP contribution is 2.22. The van der Waals surface area contributed by atoms with Gasteiger partial charge >= 0.3 is 0 Å². The van der Waals surface area contributed by atoms with Crippen molar-refractivity contribution in [3.63, 3.8) is 0 Å². The van der Waals surface area contributed by atoms with E-state index >= 15 is 0 Å². The quantitative estimate of drug-likeness (QED) is 0.630. The molecule has 7 nitrogen and oxygen atoms in total. The Balaban J connectivity index is 1.55. The van der Waals surface area contributed by atoms with Gasteiger partial charge in [-0.1, -0.05) is 6.07 Å². The van der Waals surface area contributed by atoms with E-state index in [4.69, 9.17) is 0 Å². The molecule has 1 heterocycles. The first-order chi connectivity index (χ1) is 11.5. The molecule has 1 aliphatic heterocycles. The molecule has 0 spiro atoms. The Morgan fingerprint density at radius 2 is 2.00 bits per heavy atom. The van der Waals surface area contributed by atoms with E-state index in [1.807, 2.05) is 0 Å². The van der Waals surface area contributed by atoms with Crippen LogP contribution in [0.25, 0.3) is 0 Å². The lowest BCUT2D eigenvalue weighted by molar-refractivity contribution is 0.0947. The van der Waals surface area contributed by atoms with Crippen molar-refractivity contribution < 1.29 is 13.2 Å². The zero-order valence-electron chi connectivity index (χ0n) is 13.6. The third-order valence-corrected chi connectivity index (χ3v) is 5.75. The van der Waals surface area contributed by atoms with Gasteiger partial charge in [-0.15, -0.1) is 0 Å². The van der Waals surface area contributed by atoms with Crippen molar-refractivity contribution in [2.45, 2.75) is 23.8 Å². The van der Waals surface area contributed by atoms with Crippen LogP contribution in [0.15, 0.2) is 29.2 Å². The number of nitrogens with zero attached hydrogens (tertiary/aromatic N) is 1. The highest BCUT2D eigenvalue weighted by molar-refractivity contribution is 7.89. The van der Waals surface area contributed by atoms with Crippen molar-refractivity contribution in [2.24, 2.45) is 0 Å². The summed E-state index contributed by atoms with van der Waals surface area (Å²) in [5, 5.41) is 6.15. The molecule has 2 aliphatic rings. The predicted molar refractivity (Wildman–Crippen MR) is 91.4 cm³/mol. The van der Waals surface area contributed by atoms with E-state index in [1.54, 1.807) is 12.1 Å². The number of hydrogen-bond acceptors (Lipinski definition) is 5. The average molecular weight is 352 g/mol. The van der Waals surface area contributed by atoms with Gasteiger partial charge in [-0.3, -0.25) is 9.69 Å². The Hall–Kier alpha value is -1.48. The summed E-state index contributed by atoms with van der Waals surface area (Å²) in [6.45, 7) is 5.27. The number of carbonyl (C=O) groups is 1. The van der Waals surface area contributed by atoms with Gasteiger partial charge in [0, 0.05) is 50.9 Å². The van der Waals surface area contributed by atoms with Crippen LogP contribution in [-0.2, 0) is 10.0 Å². The number of nitrogens with one attached hydrogen (secondary N) is 3. The number of amides is 1. The Kier molecular flexibility index (Phi) is 5.50. The fourth-order valence-corrected chi connectivity index (χ4v) is 4.01. The average Bonchev–Trinajstić information content (AvgIpc) is 3.39. The Labute approximate surface area is 142 Å². The minimum absolute atomic E-state index is 0.0477. The summed E-state index contributed by atoms with van der Waals surface area (Å²) in [7, 11) is -3.54. The van der Waals surface area contributed by atoms with Gasteiger partial charge in [-0.2, -0.15) is 0 Å². The Morgan fingerprint density at radius 3 is 2.71 bits per heavy atom. The molecule has 3 N–H and O–H groups in total. The van der Waals surface area contributed by atoms with E-state index in [2.05, 4.69) is 20.3 Å². The second-order valence-corrected chi connectivity index (χ2v) is 7.98. The molecule has 0 radical (unpaired) electrons. The highest BCUT2D eigenvalue weighted by atomic mass is 32.2. The van der Waals surface area contributed by atoms with E-state index in [-0.39, 0.29) is 16.8 Å². The molecule has 3 rings (SSSR count). The third-order valence-electron chi connectivity index (χ3n) is 4.23. The molecule has 132 valence electrons. The lowest BCUT2D eigenvalue weighted by Gasteiger charge is -2.27. The van der Waals surface area contributed by atoms with Gasteiger partial charge in [-0.25, -0.2) is 13.1 Å². The van der Waals surface area contributed by atoms with Crippen LogP contribution in [-0.4, -0.2) is 64.5 Å². The van der Waals surface area contributed by atoms with Gasteiger partial charge in [-0.05, 0) is 31.0 Å². The van der Waals surface area contributed by atoms with E-state index in [9.17, 15) is 13.2 Å². The SMILES string of the molecule is O=C(NCCN1CCNCC1)c1cccc(S(=O)(=O)NC2CC2)c1. The first-order valence-corrected chi connectivity index (χ1v) is 9.86. The maximum absolute atomic E-state index is 12.2. The van der Waals surface area contributed by atoms with Crippen molar-refractivity contribution in [1.29, 1.82) is 0 Å². The van der Waals surface area contributed by atoms with Crippen LogP contribution in [0.3, 0.4) is 0 Å². The van der Waals surface area contributed by atoms with Crippen LogP contribution in [0.4, 0.5) is 0 Å². The molecular formula is C16H24N4O3S. The molecule has 1 aliphatic carbocycles. The number of rotatable bonds is 7. The van der Waals surface area contributed by atoms with E-state index < -0.39 is 10.0 Å². The molecule has 1 aromatic carbocycles. The Bertz CT molecular complexity index is 682. The molecular weight excluding hydrogens is 328 g/mol. The third kappa shape index (κ3) is 4.76. The highest BCUT2D eigenvalue weighted by Gasteiger charge is 2.28. The van der Waals surface area contributed by atoms with Crippen molar-refractivity contribution >= 4 is 15.9 Å². The summed E-state index contributed by atoms with van der Waals surface area (Å²) < 4.78 is 27.1. The maximum Gasteiger partial charge on any atom is 0.251 e. The van der Waals surface area contributed by atoms with Gasteiger partial charge in [0.25, 0.3) is 5.91 Å². The van der Waals surface area contributed by atoms with Gasteiger partial charge in [0.2, 0.25) is 10.0 Å². The molecule has 0 unspecified atom stereocenters. The van der Waals surface area contributed by atoms with Gasteiger partial charge in [0.15, 0.2) is 0 Å². The fourth-order valence-electron chi connectivity index (χ4n) is 2.66. The van der Waals surface area contributed by atoms with E-state index in [1.165, 1.54) is 12.1 Å². The number of sulfonamides is 1. The largest absolute Gasteiger partial charge is 0.351 e. The first kappa shape index (κ1) is 17.3. The summed E-state index contributed by atoms with van der Waals surface area (Å²) in [5.74, 6) is -0.242. The molecule has 2 fully saturated rings. The molecule has 0 atom stereocenters. The van der Waals surface area contributed by atoms with E-state index in [0.717, 1.165) is 45.6 Å². The topological polar surface area (TPSA) is 90.5 Å². The summed E-state index contributed by atoms with van der Waals surface area (Å²) >= 11 is 0. The molecule has 0 bridgehead atoms. The summed E-state index contributed by atoms with van der Waals surface area (Å²) in [6, 6.07) is 6.24. The predicted octanol–water partition coefficient (Wildman–Crippen LogP) is -0.238. The summed E-state index contributed by atoms with van der Waals surface area (Å²) in [4.78, 5) is 14.7. The van der Waals surface area contributed by atoms with Gasteiger partial charge in [0.05, 0.1) is 4.90 Å². The van der Waals surface area contributed by atoms with E-state index in [0.29, 0.717) is 12.1 Å². The monoisotopic (exact) mass is 352 g/mol. The van der Waals surface area contributed by atoms with Crippen LogP contribution >= 0.6 is 0 Å². The second kappa shape index (κ2) is 7.60. The zero-order chi connectivity index (χ0) is 17.0. The minimum atomic E-state index is -3.54. The second-order valence-electron chi connectivity index (χ2n) is 6.27. The molecule has 1 saturated carbocycles. The number of carbonyl (C=O) groups excluding carboxylic acids is 1. The normalized spacial score (nSPS) is 19.2. The Morgan fingerprint density at radius 1 is 1.25 bits per heavy atom. The zero-order valence-corrected chi connectivity index (χ0v) is 14.4. The minimum Gasteiger partial charge on any atom is -0.351 e. The van der Waals surface area contributed by atoms with Gasteiger partial charge < -0.3 is 10.6 Å². The molecule has 1 amide bonds. The number of benzene rings is 1. The van der Waals surface area contributed by atoms with Crippen molar-refractivity contribution in [1.82, 2.24) is 20.3 Å². The molecule has 1 aromatic rings. The number of hydrogen-bond donors (Lipinski definition) is 3. The standard InChI is InChI=1S/C16H24N4O3S/c21-16(18-8-11-20-9-6-17-7-10-20)13-2-1-3-15(12-13)24(22,23)19-14-4-5-14/h1-3,12,14,17,19H,4-11H2,(H,18,21). The van der Waals surface area contributed by atoms with Crippen LogP contribution in [0.5, 0.6) is 0 Å². The van der Waals surface area contributed by atoms with Crippen LogP contribution in [0.2, 0.25) is 0 Å². The van der Waals surface area contributed by atoms with Crippen LogP contribution < -0.4 is 15.4 Å². The lowest BCUT2D eigenvalue weighted by atomic mass is 10.2. The molecule has 24 heavy (non-hydrogen) atoms. The summed E-state index contributed by atoms with van der Waals surface area (Å²) in [5.41, 5.74) is 0.369. The summed E-state index contributed by atoms with van der Waals surface area (Å²) in [6.07, 6.45) is 1.76. The fraction of sp³-hybridized carbons (Fsp3) is 0.562. The molecule has 1 saturated heterocycles. The van der Waals surface area contributed by atoms with Crippen LogP contribution in [0.1, 0.15) is 23.2 Å². The molecule has 0 aromatic heterocycles. The maximum atomic E-state index is 12.2. The number of piperazine rings is 1. The van der Waals surface area contributed by atoms with Crippen molar-refractivity contribution in [3.05, 3.63) is 29.8 Å². The van der Waals surface area contributed by atoms with Gasteiger partial charge in [0.1, 0.15) is 0 Å². The molecule has 8 heteroatoms.